The molecule has 2 atom stereocenters. The number of benzene rings is 2. The lowest BCUT2D eigenvalue weighted by molar-refractivity contribution is 0.0136. The van der Waals surface area contributed by atoms with Crippen LogP contribution < -0.4 is 5.32 Å². The number of esters is 1. The number of hydrogen-bond donors (Lipinski definition) is 3. The van der Waals surface area contributed by atoms with Crippen LogP contribution >= 0.6 is 11.6 Å². The van der Waals surface area contributed by atoms with Gasteiger partial charge in [0.05, 0.1) is 23.8 Å². The summed E-state index contributed by atoms with van der Waals surface area (Å²) in [5.41, 5.74) is 1.37. The average molecular weight is 408 g/mol. The number of rotatable bonds is 8. The molecule has 0 aliphatic carbocycles. The molecule has 2 rings (SSSR count). The number of nitrogens with one attached hydrogen (secondary N) is 1. The predicted octanol–water partition coefficient (Wildman–Crippen LogP) is 2.84. The summed E-state index contributed by atoms with van der Waals surface area (Å²) in [6, 6.07) is 13.5. The van der Waals surface area contributed by atoms with Gasteiger partial charge in [-0.25, -0.2) is 9.59 Å². The molecule has 0 saturated heterocycles. The lowest BCUT2D eigenvalue weighted by atomic mass is 10.0. The molecule has 2 unspecified atom stereocenters. The van der Waals surface area contributed by atoms with Crippen LogP contribution in [0.25, 0.3) is 0 Å². The number of amides is 1. The number of methoxy groups -OCH3 is 1. The van der Waals surface area contributed by atoms with E-state index in [0.717, 1.165) is 5.56 Å². The Bertz CT molecular complexity index is 799. The molecule has 0 spiro atoms. The van der Waals surface area contributed by atoms with E-state index in [9.17, 15) is 19.8 Å². The summed E-state index contributed by atoms with van der Waals surface area (Å²) in [7, 11) is 1.24. The summed E-state index contributed by atoms with van der Waals surface area (Å²) in [4.78, 5) is 23.2. The Hall–Kier alpha value is -2.61. The molecule has 3 N–H and O–H groups in total. The molecule has 0 heterocycles. The highest BCUT2D eigenvalue weighted by Gasteiger charge is 2.21. The van der Waals surface area contributed by atoms with Gasteiger partial charge in [0.25, 0.3) is 0 Å². The SMILES string of the molecule is COC(=O)c1ccc(C(O)C(O)CCNC(=O)OCc2ccccc2)cc1Cl. The molecule has 0 aliphatic rings. The van der Waals surface area contributed by atoms with Gasteiger partial charge in [0.2, 0.25) is 0 Å². The third kappa shape index (κ3) is 6.23. The first-order chi connectivity index (χ1) is 13.4. The maximum absolute atomic E-state index is 11.7. The van der Waals surface area contributed by atoms with Gasteiger partial charge in [0, 0.05) is 6.54 Å². The Morgan fingerprint density at radius 1 is 1.14 bits per heavy atom. The lowest BCUT2D eigenvalue weighted by Crippen LogP contribution is -2.29. The van der Waals surface area contributed by atoms with Gasteiger partial charge in [-0.15, -0.1) is 0 Å². The summed E-state index contributed by atoms with van der Waals surface area (Å²) in [5, 5.41) is 23.0. The minimum atomic E-state index is -1.23. The van der Waals surface area contributed by atoms with Crippen molar-refractivity contribution in [2.75, 3.05) is 13.7 Å². The minimum Gasteiger partial charge on any atom is -0.465 e. The van der Waals surface area contributed by atoms with Crippen molar-refractivity contribution in [1.82, 2.24) is 5.32 Å². The van der Waals surface area contributed by atoms with Gasteiger partial charge in [0.15, 0.2) is 0 Å². The van der Waals surface area contributed by atoms with Crippen LogP contribution in [0.15, 0.2) is 48.5 Å². The molecule has 1 amide bonds. The summed E-state index contributed by atoms with van der Waals surface area (Å²) in [6.45, 7) is 0.253. The standard InChI is InChI=1S/C20H22ClNO6/c1-27-19(25)15-8-7-14(11-16(15)21)18(24)17(23)9-10-22-20(26)28-12-13-5-3-2-4-6-13/h2-8,11,17-18,23-24H,9-10,12H2,1H3,(H,22,26). The van der Waals surface area contributed by atoms with Gasteiger partial charge in [-0.3, -0.25) is 0 Å². The molecule has 150 valence electrons. The highest BCUT2D eigenvalue weighted by molar-refractivity contribution is 6.33. The van der Waals surface area contributed by atoms with E-state index in [4.69, 9.17) is 16.3 Å². The number of aliphatic hydroxyl groups excluding tert-OH is 2. The highest BCUT2D eigenvalue weighted by Crippen LogP contribution is 2.25. The Morgan fingerprint density at radius 2 is 1.86 bits per heavy atom. The average Bonchev–Trinajstić information content (AvgIpc) is 2.71. The van der Waals surface area contributed by atoms with E-state index in [1.165, 1.54) is 25.3 Å². The quantitative estimate of drug-likeness (QED) is 0.581. The highest BCUT2D eigenvalue weighted by atomic mass is 35.5. The summed E-state index contributed by atoms with van der Waals surface area (Å²) >= 11 is 6.02. The zero-order valence-corrected chi connectivity index (χ0v) is 16.1. The maximum atomic E-state index is 11.7. The van der Waals surface area contributed by atoms with Crippen LogP contribution in [0.4, 0.5) is 4.79 Å². The predicted molar refractivity (Wildman–Crippen MR) is 103 cm³/mol. The van der Waals surface area contributed by atoms with E-state index in [2.05, 4.69) is 10.1 Å². The molecule has 8 heteroatoms. The van der Waals surface area contributed by atoms with Gasteiger partial charge >= 0.3 is 12.1 Å². The monoisotopic (exact) mass is 407 g/mol. The number of halogens is 1. The number of ether oxygens (including phenoxy) is 2. The summed E-state index contributed by atoms with van der Waals surface area (Å²) in [5.74, 6) is -0.593. The molecule has 2 aromatic carbocycles. The topological polar surface area (TPSA) is 105 Å². The Morgan fingerprint density at radius 3 is 2.50 bits per heavy atom. The van der Waals surface area contributed by atoms with E-state index in [1.807, 2.05) is 30.3 Å². The van der Waals surface area contributed by atoms with Crippen LogP contribution in [0, 0.1) is 0 Å². The zero-order valence-electron chi connectivity index (χ0n) is 15.3. The molecule has 0 radical (unpaired) electrons. The number of hydrogen-bond acceptors (Lipinski definition) is 6. The van der Waals surface area contributed by atoms with Crippen molar-refractivity contribution in [1.29, 1.82) is 0 Å². The Kier molecular flexibility index (Phi) is 8.25. The minimum absolute atomic E-state index is 0.0952. The summed E-state index contributed by atoms with van der Waals surface area (Å²) < 4.78 is 9.66. The lowest BCUT2D eigenvalue weighted by Gasteiger charge is -2.19. The van der Waals surface area contributed by atoms with Crippen molar-refractivity contribution in [3.63, 3.8) is 0 Å². The van der Waals surface area contributed by atoms with E-state index in [0.29, 0.717) is 5.56 Å². The smallest absolute Gasteiger partial charge is 0.407 e. The van der Waals surface area contributed by atoms with Crippen LogP contribution in [0.3, 0.4) is 0 Å². The van der Waals surface area contributed by atoms with Crippen molar-refractivity contribution >= 4 is 23.7 Å². The first-order valence-electron chi connectivity index (χ1n) is 8.60. The largest absolute Gasteiger partial charge is 0.465 e. The maximum Gasteiger partial charge on any atom is 0.407 e. The first kappa shape index (κ1) is 21.7. The van der Waals surface area contributed by atoms with Gasteiger partial charge in [0.1, 0.15) is 12.7 Å². The van der Waals surface area contributed by atoms with E-state index < -0.39 is 24.3 Å². The molecule has 28 heavy (non-hydrogen) atoms. The second-order valence-corrected chi connectivity index (χ2v) is 6.43. The van der Waals surface area contributed by atoms with Crippen LogP contribution in [0.1, 0.15) is 34.0 Å². The zero-order chi connectivity index (χ0) is 20.5. The first-order valence-corrected chi connectivity index (χ1v) is 8.98. The van der Waals surface area contributed by atoms with Crippen LogP contribution in [0.2, 0.25) is 5.02 Å². The van der Waals surface area contributed by atoms with Crippen molar-refractivity contribution in [3.05, 3.63) is 70.2 Å². The van der Waals surface area contributed by atoms with Gasteiger partial charge in [-0.05, 0) is 29.7 Å². The van der Waals surface area contributed by atoms with Crippen molar-refractivity contribution in [2.24, 2.45) is 0 Å². The number of carbonyl (C=O) groups excluding carboxylic acids is 2. The number of aliphatic hydroxyl groups is 2. The Labute approximate surface area is 167 Å². The second-order valence-electron chi connectivity index (χ2n) is 6.02. The Balaban J connectivity index is 1.79. The molecule has 7 nitrogen and oxygen atoms in total. The molecule has 0 bridgehead atoms. The third-order valence-electron chi connectivity index (χ3n) is 4.03. The molecule has 0 fully saturated rings. The molecule has 0 saturated carbocycles. The van der Waals surface area contributed by atoms with Gasteiger partial charge in [-0.2, -0.15) is 0 Å². The van der Waals surface area contributed by atoms with Crippen molar-refractivity contribution < 1.29 is 29.3 Å². The second kappa shape index (κ2) is 10.7. The van der Waals surface area contributed by atoms with Crippen LogP contribution in [-0.2, 0) is 16.1 Å². The van der Waals surface area contributed by atoms with Gasteiger partial charge < -0.3 is 25.0 Å². The normalized spacial score (nSPS) is 12.7. The third-order valence-corrected chi connectivity index (χ3v) is 4.34. The fourth-order valence-electron chi connectivity index (χ4n) is 2.47. The van der Waals surface area contributed by atoms with Crippen molar-refractivity contribution in [2.45, 2.75) is 25.2 Å². The molecule has 2 aromatic rings. The van der Waals surface area contributed by atoms with Gasteiger partial charge in [-0.1, -0.05) is 48.0 Å². The van der Waals surface area contributed by atoms with E-state index in [-0.39, 0.29) is 30.2 Å². The van der Waals surface area contributed by atoms with E-state index >= 15 is 0 Å². The molecular formula is C20H22ClNO6. The fourth-order valence-corrected chi connectivity index (χ4v) is 2.73. The molecular weight excluding hydrogens is 386 g/mol. The van der Waals surface area contributed by atoms with E-state index in [1.54, 1.807) is 0 Å². The fraction of sp³-hybridized carbons (Fsp3) is 0.300. The number of alkyl carbamates (subject to hydrolysis) is 1. The molecule has 0 aromatic heterocycles. The summed E-state index contributed by atoms with van der Waals surface area (Å²) in [6.07, 6.45) is -2.89. The number of carbonyl (C=O) groups is 2. The van der Waals surface area contributed by atoms with Crippen molar-refractivity contribution in [3.8, 4) is 0 Å². The van der Waals surface area contributed by atoms with Crippen LogP contribution in [-0.4, -0.2) is 42.0 Å². The van der Waals surface area contributed by atoms with Crippen LogP contribution in [0.5, 0.6) is 0 Å². The molecule has 0 aliphatic heterocycles.